The van der Waals surface area contributed by atoms with E-state index in [4.69, 9.17) is 4.74 Å². The Morgan fingerprint density at radius 2 is 2.22 bits per heavy atom. The van der Waals surface area contributed by atoms with Gasteiger partial charge in [0.25, 0.3) is 0 Å². The van der Waals surface area contributed by atoms with Crippen LogP contribution >= 0.6 is 0 Å². The number of anilines is 1. The number of carbonyl (C=O) groups is 1. The van der Waals surface area contributed by atoms with E-state index in [0.29, 0.717) is 6.42 Å². The first-order valence-electron chi connectivity index (χ1n) is 8.51. The van der Waals surface area contributed by atoms with Crippen molar-refractivity contribution in [3.05, 3.63) is 23.9 Å². The van der Waals surface area contributed by atoms with Gasteiger partial charge in [0.1, 0.15) is 5.82 Å². The lowest BCUT2D eigenvalue weighted by atomic mass is 10.1. The highest BCUT2D eigenvalue weighted by Gasteiger charge is 2.30. The normalized spacial score (nSPS) is 22.3. The molecule has 6 heteroatoms. The average Bonchev–Trinajstić information content (AvgIpc) is 3.10. The number of nitrogens with one attached hydrogen (secondary N) is 1. The molecule has 1 aromatic rings. The van der Waals surface area contributed by atoms with Gasteiger partial charge in [-0.3, -0.25) is 9.69 Å². The number of rotatable bonds is 5. The minimum Gasteiger partial charge on any atom is -0.379 e. The first-order chi connectivity index (χ1) is 11.3. The molecule has 0 saturated carbocycles. The Bertz CT molecular complexity index is 531. The summed E-state index contributed by atoms with van der Waals surface area (Å²) in [5.41, 5.74) is 1.18. The molecule has 0 unspecified atom stereocenters. The van der Waals surface area contributed by atoms with Crippen molar-refractivity contribution in [2.24, 2.45) is 0 Å². The van der Waals surface area contributed by atoms with E-state index in [2.05, 4.69) is 26.2 Å². The predicted molar refractivity (Wildman–Crippen MR) is 89.3 cm³/mol. The highest BCUT2D eigenvalue weighted by Crippen LogP contribution is 2.33. The lowest BCUT2D eigenvalue weighted by Crippen LogP contribution is -2.39. The number of hydrogen-bond acceptors (Lipinski definition) is 5. The zero-order valence-electron chi connectivity index (χ0n) is 13.8. The quantitative estimate of drug-likeness (QED) is 0.892. The van der Waals surface area contributed by atoms with Gasteiger partial charge in [0, 0.05) is 45.8 Å². The molecule has 23 heavy (non-hydrogen) atoms. The van der Waals surface area contributed by atoms with Crippen LogP contribution < -0.4 is 5.32 Å². The van der Waals surface area contributed by atoms with E-state index in [1.807, 2.05) is 19.3 Å². The number of nitrogens with zero attached hydrogens (tertiary/aromatic N) is 3. The Labute approximate surface area is 137 Å². The van der Waals surface area contributed by atoms with Gasteiger partial charge >= 0.3 is 0 Å². The van der Waals surface area contributed by atoms with Crippen LogP contribution in [0.1, 0.15) is 30.9 Å². The second-order valence-electron chi connectivity index (χ2n) is 6.17. The number of likely N-dealkylation sites (tertiary alicyclic amines) is 1. The molecular weight excluding hydrogens is 292 g/mol. The van der Waals surface area contributed by atoms with Crippen molar-refractivity contribution in [2.45, 2.75) is 25.3 Å². The van der Waals surface area contributed by atoms with Crippen LogP contribution in [0.4, 0.5) is 5.82 Å². The molecule has 0 bridgehead atoms. The molecule has 2 fully saturated rings. The Balaban J connectivity index is 1.60. The van der Waals surface area contributed by atoms with Gasteiger partial charge in [-0.15, -0.1) is 0 Å². The van der Waals surface area contributed by atoms with Crippen LogP contribution in [0.15, 0.2) is 18.3 Å². The van der Waals surface area contributed by atoms with Crippen molar-refractivity contribution in [1.82, 2.24) is 14.8 Å². The fourth-order valence-corrected chi connectivity index (χ4v) is 3.42. The lowest BCUT2D eigenvalue weighted by Gasteiger charge is -2.29. The summed E-state index contributed by atoms with van der Waals surface area (Å²) in [5.74, 6) is 1.12. The average molecular weight is 318 g/mol. The van der Waals surface area contributed by atoms with Gasteiger partial charge in [0.2, 0.25) is 5.91 Å². The summed E-state index contributed by atoms with van der Waals surface area (Å²) in [6.07, 6.45) is 4.53. The number of amides is 1. The molecule has 6 nitrogen and oxygen atoms in total. The van der Waals surface area contributed by atoms with E-state index in [0.717, 1.165) is 58.1 Å². The van der Waals surface area contributed by atoms with Gasteiger partial charge in [-0.25, -0.2) is 4.98 Å². The third-order valence-electron chi connectivity index (χ3n) is 4.74. The summed E-state index contributed by atoms with van der Waals surface area (Å²) < 4.78 is 5.35. The molecule has 3 heterocycles. The number of hydrogen-bond donors (Lipinski definition) is 1. The maximum atomic E-state index is 12.7. The van der Waals surface area contributed by atoms with E-state index in [1.54, 1.807) is 0 Å². The minimum atomic E-state index is 0.197. The maximum Gasteiger partial charge on any atom is 0.224 e. The summed E-state index contributed by atoms with van der Waals surface area (Å²) >= 11 is 0. The van der Waals surface area contributed by atoms with Crippen LogP contribution in [-0.2, 0) is 9.53 Å². The van der Waals surface area contributed by atoms with E-state index in [1.165, 1.54) is 5.56 Å². The number of morpholine rings is 1. The standard InChI is InChI=1S/C17H26N4O2/c1-18-16-13-14(4-6-19-16)15-3-2-7-21(15)17(22)5-8-20-9-11-23-12-10-20/h4,6,13,15H,2-3,5,7-12H2,1H3,(H,18,19)/t15-/m1/s1. The molecule has 1 atom stereocenters. The largest absolute Gasteiger partial charge is 0.379 e. The second kappa shape index (κ2) is 7.75. The number of pyridine rings is 1. The van der Waals surface area contributed by atoms with Crippen molar-refractivity contribution in [2.75, 3.05) is 51.8 Å². The molecule has 3 rings (SSSR count). The van der Waals surface area contributed by atoms with Gasteiger partial charge in [0.05, 0.1) is 19.3 Å². The fraction of sp³-hybridized carbons (Fsp3) is 0.647. The molecule has 2 aliphatic rings. The summed E-state index contributed by atoms with van der Waals surface area (Å²) in [4.78, 5) is 21.3. The fourth-order valence-electron chi connectivity index (χ4n) is 3.42. The highest BCUT2D eigenvalue weighted by atomic mass is 16.5. The predicted octanol–water partition coefficient (Wildman–Crippen LogP) is 1.51. The van der Waals surface area contributed by atoms with E-state index >= 15 is 0 Å². The van der Waals surface area contributed by atoms with E-state index < -0.39 is 0 Å². The lowest BCUT2D eigenvalue weighted by molar-refractivity contribution is -0.132. The molecule has 2 aliphatic heterocycles. The Morgan fingerprint density at radius 1 is 1.39 bits per heavy atom. The molecule has 1 aromatic heterocycles. The van der Waals surface area contributed by atoms with Crippen molar-refractivity contribution in [1.29, 1.82) is 0 Å². The third-order valence-corrected chi connectivity index (χ3v) is 4.74. The number of carbonyl (C=O) groups excluding carboxylic acids is 1. The molecule has 2 saturated heterocycles. The minimum absolute atomic E-state index is 0.197. The highest BCUT2D eigenvalue weighted by molar-refractivity contribution is 5.77. The van der Waals surface area contributed by atoms with Crippen molar-refractivity contribution < 1.29 is 9.53 Å². The zero-order valence-corrected chi connectivity index (χ0v) is 13.8. The van der Waals surface area contributed by atoms with Crippen molar-refractivity contribution >= 4 is 11.7 Å². The van der Waals surface area contributed by atoms with E-state index in [-0.39, 0.29) is 11.9 Å². The molecule has 0 radical (unpaired) electrons. The molecule has 126 valence electrons. The maximum absolute atomic E-state index is 12.7. The van der Waals surface area contributed by atoms with Crippen molar-refractivity contribution in [3.63, 3.8) is 0 Å². The second-order valence-corrected chi connectivity index (χ2v) is 6.17. The van der Waals surface area contributed by atoms with Crippen LogP contribution in [-0.4, -0.2) is 67.1 Å². The van der Waals surface area contributed by atoms with Gasteiger partial charge in [0.15, 0.2) is 0 Å². The Morgan fingerprint density at radius 3 is 3.00 bits per heavy atom. The van der Waals surface area contributed by atoms with Crippen LogP contribution in [0.5, 0.6) is 0 Å². The third kappa shape index (κ3) is 4.00. The van der Waals surface area contributed by atoms with Crippen molar-refractivity contribution in [3.8, 4) is 0 Å². The van der Waals surface area contributed by atoms with Gasteiger partial charge in [-0.05, 0) is 30.5 Å². The molecule has 0 aliphatic carbocycles. The molecule has 0 aromatic carbocycles. The summed E-state index contributed by atoms with van der Waals surface area (Å²) in [7, 11) is 1.87. The van der Waals surface area contributed by atoms with Crippen LogP contribution in [0.2, 0.25) is 0 Å². The Hall–Kier alpha value is -1.66. The molecule has 0 spiro atoms. The Kier molecular flexibility index (Phi) is 5.46. The van der Waals surface area contributed by atoms with Gasteiger partial charge in [-0.1, -0.05) is 0 Å². The monoisotopic (exact) mass is 318 g/mol. The topological polar surface area (TPSA) is 57.7 Å². The van der Waals surface area contributed by atoms with Crippen LogP contribution in [0.3, 0.4) is 0 Å². The summed E-state index contributed by atoms with van der Waals surface area (Å²) in [6, 6.07) is 4.28. The molecular formula is C17H26N4O2. The first kappa shape index (κ1) is 16.2. The first-order valence-corrected chi connectivity index (χ1v) is 8.51. The molecule has 1 N–H and O–H groups in total. The summed E-state index contributed by atoms with van der Waals surface area (Å²) in [5, 5.41) is 3.07. The SMILES string of the molecule is CNc1cc([C@H]2CCCN2C(=O)CCN2CCOCC2)ccn1. The zero-order chi connectivity index (χ0) is 16.1. The number of aromatic nitrogens is 1. The van der Waals surface area contributed by atoms with Gasteiger partial charge in [-0.2, -0.15) is 0 Å². The summed E-state index contributed by atoms with van der Waals surface area (Å²) in [6.45, 7) is 5.14. The molecule has 1 amide bonds. The van der Waals surface area contributed by atoms with Crippen LogP contribution in [0.25, 0.3) is 0 Å². The van der Waals surface area contributed by atoms with Gasteiger partial charge < -0.3 is 15.0 Å². The number of ether oxygens (including phenoxy) is 1. The van der Waals surface area contributed by atoms with E-state index in [9.17, 15) is 4.79 Å². The van der Waals surface area contributed by atoms with Crippen LogP contribution in [0, 0.1) is 0 Å². The smallest absolute Gasteiger partial charge is 0.224 e.